The first-order chi connectivity index (χ1) is 6.54. The fraction of sp³-hybridized carbons (Fsp3) is 0.500. The largest absolute Gasteiger partial charge is 0.469 e. The molecule has 0 amide bonds. The molecular formula is C10H16ClNO3. The summed E-state index contributed by atoms with van der Waals surface area (Å²) in [4.78, 5) is 10.9. The number of methoxy groups -OCH3 is 1. The van der Waals surface area contributed by atoms with Crippen molar-refractivity contribution >= 4 is 18.4 Å². The van der Waals surface area contributed by atoms with Crippen LogP contribution in [0.4, 0.5) is 0 Å². The number of carbonyl (C=O) groups is 1. The first-order valence-corrected chi connectivity index (χ1v) is 4.44. The zero-order valence-corrected chi connectivity index (χ0v) is 9.89. The van der Waals surface area contributed by atoms with Crippen molar-refractivity contribution in [2.45, 2.75) is 26.3 Å². The van der Waals surface area contributed by atoms with Gasteiger partial charge in [0.2, 0.25) is 0 Å². The van der Waals surface area contributed by atoms with Crippen LogP contribution in [0.25, 0.3) is 0 Å². The molecule has 0 saturated heterocycles. The van der Waals surface area contributed by atoms with E-state index >= 15 is 0 Å². The predicted molar refractivity (Wildman–Crippen MR) is 59.0 cm³/mol. The molecule has 1 aromatic rings. The van der Waals surface area contributed by atoms with E-state index in [0.29, 0.717) is 5.76 Å². The van der Waals surface area contributed by atoms with Crippen molar-refractivity contribution in [3.05, 3.63) is 23.2 Å². The second-order valence-electron chi connectivity index (χ2n) is 3.27. The van der Waals surface area contributed by atoms with Gasteiger partial charge in [-0.05, 0) is 25.5 Å². The number of nitrogens with two attached hydrogens (primary N) is 1. The molecule has 15 heavy (non-hydrogen) atoms. The van der Waals surface area contributed by atoms with Gasteiger partial charge in [0.1, 0.15) is 11.5 Å². The Labute approximate surface area is 95.2 Å². The molecule has 0 bridgehead atoms. The number of ether oxygens (including phenoxy) is 1. The summed E-state index contributed by atoms with van der Waals surface area (Å²) in [5.74, 6) is 1.13. The minimum Gasteiger partial charge on any atom is -0.469 e. The maximum absolute atomic E-state index is 10.9. The van der Waals surface area contributed by atoms with E-state index in [1.165, 1.54) is 7.11 Å². The Morgan fingerprint density at radius 2 is 2.20 bits per heavy atom. The molecule has 1 atom stereocenters. The summed E-state index contributed by atoms with van der Waals surface area (Å²) in [6.07, 6.45) is 0.142. The molecule has 0 aromatic carbocycles. The Balaban J connectivity index is 0.00000196. The summed E-state index contributed by atoms with van der Waals surface area (Å²) in [5, 5.41) is 0. The lowest BCUT2D eigenvalue weighted by molar-refractivity contribution is -0.141. The van der Waals surface area contributed by atoms with E-state index in [-0.39, 0.29) is 24.8 Å². The Morgan fingerprint density at radius 3 is 2.60 bits per heavy atom. The van der Waals surface area contributed by atoms with Gasteiger partial charge in [-0.2, -0.15) is 0 Å². The minimum absolute atomic E-state index is 0. The summed E-state index contributed by atoms with van der Waals surface area (Å²) in [6.45, 7) is 3.80. The number of halogens is 1. The van der Waals surface area contributed by atoms with Crippen molar-refractivity contribution in [2.24, 2.45) is 5.73 Å². The third-order valence-corrected chi connectivity index (χ3v) is 2.16. The van der Waals surface area contributed by atoms with E-state index < -0.39 is 6.04 Å². The van der Waals surface area contributed by atoms with Gasteiger partial charge < -0.3 is 14.9 Å². The van der Waals surface area contributed by atoms with Crippen molar-refractivity contribution < 1.29 is 13.9 Å². The number of rotatable bonds is 3. The Bertz CT molecular complexity index is 316. The van der Waals surface area contributed by atoms with Gasteiger partial charge >= 0.3 is 5.97 Å². The molecule has 1 rings (SSSR count). The highest BCUT2D eigenvalue weighted by molar-refractivity contribution is 5.85. The number of esters is 1. The third kappa shape index (κ3) is 3.57. The molecule has 0 radical (unpaired) electrons. The maximum atomic E-state index is 10.9. The molecule has 2 N–H and O–H groups in total. The highest BCUT2D eigenvalue weighted by atomic mass is 35.5. The van der Waals surface area contributed by atoms with E-state index in [1.807, 2.05) is 19.9 Å². The highest BCUT2D eigenvalue weighted by Gasteiger charge is 2.16. The highest BCUT2D eigenvalue weighted by Crippen LogP contribution is 2.20. The smallest absolute Gasteiger partial charge is 0.307 e. The second-order valence-corrected chi connectivity index (χ2v) is 3.27. The lowest BCUT2D eigenvalue weighted by atomic mass is 10.1. The van der Waals surface area contributed by atoms with Crippen molar-refractivity contribution in [1.82, 2.24) is 0 Å². The molecule has 0 aliphatic carbocycles. The van der Waals surface area contributed by atoms with Gasteiger partial charge in [-0.25, -0.2) is 0 Å². The first kappa shape index (κ1) is 14.0. The van der Waals surface area contributed by atoms with Crippen LogP contribution in [-0.4, -0.2) is 13.1 Å². The summed E-state index contributed by atoms with van der Waals surface area (Å²) < 4.78 is 9.91. The van der Waals surface area contributed by atoms with Crippen LogP contribution in [0.1, 0.15) is 29.5 Å². The van der Waals surface area contributed by atoms with Crippen molar-refractivity contribution in [2.75, 3.05) is 7.11 Å². The topological polar surface area (TPSA) is 65.5 Å². The van der Waals surface area contributed by atoms with Gasteiger partial charge in [0.05, 0.1) is 19.6 Å². The van der Waals surface area contributed by atoms with Gasteiger partial charge in [-0.1, -0.05) is 0 Å². The summed E-state index contributed by atoms with van der Waals surface area (Å²) in [7, 11) is 1.34. The summed E-state index contributed by atoms with van der Waals surface area (Å²) in [6, 6.07) is 1.43. The standard InChI is InChI=1S/C10H15NO3.ClH/c1-6-4-9(14-7(6)2)8(11)5-10(12)13-3;/h4,8H,5,11H2,1-3H3;1H/t8-;/m0./s1. The summed E-state index contributed by atoms with van der Waals surface area (Å²) in [5.41, 5.74) is 6.80. The predicted octanol–water partition coefficient (Wildman–Crippen LogP) is 1.88. The zero-order chi connectivity index (χ0) is 10.7. The SMILES string of the molecule is COC(=O)C[C@H](N)c1cc(C)c(C)o1.Cl. The second kappa shape index (κ2) is 5.78. The molecule has 1 heterocycles. The number of furan rings is 1. The summed E-state index contributed by atoms with van der Waals surface area (Å²) >= 11 is 0. The Morgan fingerprint density at radius 1 is 1.60 bits per heavy atom. The molecule has 1 aromatic heterocycles. The molecule has 0 spiro atoms. The average molecular weight is 234 g/mol. The molecule has 0 aliphatic rings. The normalized spacial score (nSPS) is 11.7. The molecular weight excluding hydrogens is 218 g/mol. The molecule has 5 heteroatoms. The minimum atomic E-state index is -0.421. The van der Waals surface area contributed by atoms with Crippen molar-refractivity contribution in [1.29, 1.82) is 0 Å². The third-order valence-electron chi connectivity index (χ3n) is 2.16. The van der Waals surface area contributed by atoms with Gasteiger partial charge in [0, 0.05) is 0 Å². The molecule has 0 unspecified atom stereocenters. The lowest BCUT2D eigenvalue weighted by Gasteiger charge is -2.06. The van der Waals surface area contributed by atoms with E-state index in [9.17, 15) is 4.79 Å². The van der Waals surface area contributed by atoms with Crippen molar-refractivity contribution in [3.8, 4) is 0 Å². The van der Waals surface area contributed by atoms with E-state index in [0.717, 1.165) is 11.3 Å². The zero-order valence-electron chi connectivity index (χ0n) is 9.07. The van der Waals surface area contributed by atoms with Crippen LogP contribution in [0.5, 0.6) is 0 Å². The van der Waals surface area contributed by atoms with Crippen LogP contribution in [0, 0.1) is 13.8 Å². The van der Waals surface area contributed by atoms with E-state index in [1.54, 1.807) is 0 Å². The molecule has 0 aliphatic heterocycles. The van der Waals surface area contributed by atoms with E-state index in [2.05, 4.69) is 4.74 Å². The fourth-order valence-electron chi connectivity index (χ4n) is 1.15. The quantitative estimate of drug-likeness (QED) is 0.810. The van der Waals surface area contributed by atoms with Crippen molar-refractivity contribution in [3.63, 3.8) is 0 Å². The van der Waals surface area contributed by atoms with E-state index in [4.69, 9.17) is 10.2 Å². The molecule has 4 nitrogen and oxygen atoms in total. The maximum Gasteiger partial charge on any atom is 0.307 e. The number of carbonyl (C=O) groups excluding carboxylic acids is 1. The van der Waals surface area contributed by atoms with Gasteiger partial charge in [-0.3, -0.25) is 4.79 Å². The van der Waals surface area contributed by atoms with Crippen LogP contribution < -0.4 is 5.73 Å². The van der Waals surface area contributed by atoms with Crippen LogP contribution >= 0.6 is 12.4 Å². The number of hydrogen-bond acceptors (Lipinski definition) is 4. The average Bonchev–Trinajstić information content (AvgIpc) is 2.47. The first-order valence-electron chi connectivity index (χ1n) is 4.44. The molecule has 0 fully saturated rings. The number of aryl methyl sites for hydroxylation is 2. The van der Waals surface area contributed by atoms with Crippen LogP contribution in [0.3, 0.4) is 0 Å². The van der Waals surface area contributed by atoms with Crippen LogP contribution in [-0.2, 0) is 9.53 Å². The Hall–Kier alpha value is -1.00. The molecule has 86 valence electrons. The van der Waals surface area contributed by atoms with Crippen LogP contribution in [0.15, 0.2) is 10.5 Å². The van der Waals surface area contributed by atoms with Crippen LogP contribution in [0.2, 0.25) is 0 Å². The monoisotopic (exact) mass is 233 g/mol. The van der Waals surface area contributed by atoms with Gasteiger partial charge in [0.25, 0.3) is 0 Å². The molecule has 0 saturated carbocycles. The number of hydrogen-bond donors (Lipinski definition) is 1. The Kier molecular flexibility index (Phi) is 5.39. The van der Waals surface area contributed by atoms with Gasteiger partial charge in [0.15, 0.2) is 0 Å². The lowest BCUT2D eigenvalue weighted by Crippen LogP contribution is -2.15. The fourth-order valence-corrected chi connectivity index (χ4v) is 1.15. The van der Waals surface area contributed by atoms with Gasteiger partial charge in [-0.15, -0.1) is 12.4 Å².